The van der Waals surface area contributed by atoms with E-state index < -0.39 is 0 Å². The predicted molar refractivity (Wildman–Crippen MR) is 119 cm³/mol. The van der Waals surface area contributed by atoms with Crippen LogP contribution in [0, 0.1) is 5.92 Å². The van der Waals surface area contributed by atoms with Crippen LogP contribution in [0.4, 0.5) is 0 Å². The summed E-state index contributed by atoms with van der Waals surface area (Å²) in [6.45, 7) is 9.63. The Morgan fingerprint density at radius 3 is 1.85 bits per heavy atom. The Labute approximate surface area is 167 Å². The summed E-state index contributed by atoms with van der Waals surface area (Å²) < 4.78 is 5.74. The molecule has 0 bridgehead atoms. The van der Waals surface area contributed by atoms with Crippen molar-refractivity contribution in [3.05, 3.63) is 0 Å². The molecule has 0 aliphatic carbocycles. The third kappa shape index (κ3) is 11.4. The maximum Gasteiger partial charge on any atom is 0.308 e. The molecule has 0 heterocycles. The molecule has 0 fully saturated rings. The second kappa shape index (κ2) is 16.8. The quantitative estimate of drug-likeness (QED) is 0.151. The Morgan fingerprint density at radius 1 is 0.808 bits per heavy atom. The molecule has 3 heteroatoms. The van der Waals surface area contributed by atoms with E-state index in [4.69, 9.17) is 4.74 Å². The summed E-state index contributed by atoms with van der Waals surface area (Å²) in [5.74, 6) is 0.579. The van der Waals surface area contributed by atoms with Gasteiger partial charge in [-0.25, -0.2) is 0 Å². The average molecular weight is 385 g/mol. The molecule has 2 atom stereocenters. The number of esters is 1. The standard InChI is InChI=1S/C23H48O2Si/c1-5-8-10-12-14-16-18-21(4)23(26,19-7-3)22(24)25-20-17-15-13-11-9-6-2/h21H,5-20H2,1-4,26H3. The molecule has 0 saturated carbocycles. The van der Waals surface area contributed by atoms with Crippen molar-refractivity contribution in [2.24, 2.45) is 5.92 Å². The predicted octanol–water partition coefficient (Wildman–Crippen LogP) is 6.60. The second-order valence-corrected chi connectivity index (χ2v) is 10.3. The van der Waals surface area contributed by atoms with E-state index in [2.05, 4.69) is 27.7 Å². The first-order chi connectivity index (χ1) is 12.5. The molecule has 156 valence electrons. The van der Waals surface area contributed by atoms with Gasteiger partial charge in [-0.15, -0.1) is 0 Å². The van der Waals surface area contributed by atoms with Gasteiger partial charge < -0.3 is 4.74 Å². The van der Waals surface area contributed by atoms with Gasteiger partial charge in [0, 0.05) is 10.2 Å². The van der Waals surface area contributed by atoms with Crippen molar-refractivity contribution < 1.29 is 9.53 Å². The van der Waals surface area contributed by atoms with Gasteiger partial charge in [0.2, 0.25) is 0 Å². The molecule has 0 N–H and O–H groups in total. The fourth-order valence-corrected chi connectivity index (χ4v) is 4.76. The number of carbonyl (C=O) groups excluding carboxylic acids is 1. The number of hydrogen-bond acceptors (Lipinski definition) is 2. The van der Waals surface area contributed by atoms with Crippen LogP contribution in [0.2, 0.25) is 5.04 Å². The Morgan fingerprint density at radius 2 is 1.31 bits per heavy atom. The van der Waals surface area contributed by atoms with Gasteiger partial charge in [-0.3, -0.25) is 4.79 Å². The lowest BCUT2D eigenvalue weighted by Gasteiger charge is -2.33. The third-order valence-electron chi connectivity index (χ3n) is 6.05. The van der Waals surface area contributed by atoms with Crippen LogP contribution in [0.15, 0.2) is 0 Å². The maximum absolute atomic E-state index is 12.8. The van der Waals surface area contributed by atoms with Crippen molar-refractivity contribution >= 4 is 16.2 Å². The molecule has 0 rings (SSSR count). The average Bonchev–Trinajstić information content (AvgIpc) is 2.63. The van der Waals surface area contributed by atoms with Crippen molar-refractivity contribution in [1.29, 1.82) is 0 Å². The molecule has 0 radical (unpaired) electrons. The second-order valence-electron chi connectivity index (χ2n) is 8.53. The molecule has 0 saturated heterocycles. The molecular formula is C23H48O2Si. The van der Waals surface area contributed by atoms with Gasteiger partial charge in [-0.1, -0.05) is 105 Å². The molecule has 0 aromatic rings. The van der Waals surface area contributed by atoms with Crippen molar-refractivity contribution in [3.63, 3.8) is 0 Å². The first-order valence-electron chi connectivity index (χ1n) is 11.7. The summed E-state index contributed by atoms with van der Waals surface area (Å²) in [5.41, 5.74) is 0. The lowest BCUT2D eigenvalue weighted by atomic mass is 9.84. The lowest BCUT2D eigenvalue weighted by Crippen LogP contribution is -2.33. The van der Waals surface area contributed by atoms with Crippen molar-refractivity contribution in [1.82, 2.24) is 0 Å². The van der Waals surface area contributed by atoms with E-state index in [0.29, 0.717) is 12.5 Å². The highest BCUT2D eigenvalue weighted by molar-refractivity contribution is 6.27. The van der Waals surface area contributed by atoms with Crippen molar-refractivity contribution in [3.8, 4) is 0 Å². The van der Waals surface area contributed by atoms with E-state index in [0.717, 1.165) is 29.5 Å². The molecule has 2 nitrogen and oxygen atoms in total. The molecule has 0 aromatic carbocycles. The summed E-state index contributed by atoms with van der Waals surface area (Å²) in [4.78, 5) is 12.8. The normalized spacial score (nSPS) is 14.9. The first-order valence-corrected chi connectivity index (χ1v) is 12.7. The van der Waals surface area contributed by atoms with Crippen LogP contribution in [0.3, 0.4) is 0 Å². The molecular weight excluding hydrogens is 336 g/mol. The van der Waals surface area contributed by atoms with Gasteiger partial charge in [0.25, 0.3) is 0 Å². The molecule has 0 spiro atoms. The Bertz CT molecular complexity index is 332. The fraction of sp³-hybridized carbons (Fsp3) is 0.957. The van der Waals surface area contributed by atoms with Crippen LogP contribution in [0.1, 0.15) is 124 Å². The highest BCUT2D eigenvalue weighted by atomic mass is 28.1. The van der Waals surface area contributed by atoms with Gasteiger partial charge in [-0.05, 0) is 25.2 Å². The fourth-order valence-electron chi connectivity index (χ4n) is 3.83. The molecule has 26 heavy (non-hydrogen) atoms. The Kier molecular flexibility index (Phi) is 16.6. The zero-order valence-electron chi connectivity index (χ0n) is 18.7. The number of unbranched alkanes of at least 4 members (excludes halogenated alkanes) is 10. The number of rotatable bonds is 18. The summed E-state index contributed by atoms with van der Waals surface area (Å²) >= 11 is 0. The van der Waals surface area contributed by atoms with E-state index in [1.54, 1.807) is 0 Å². The Balaban J connectivity index is 4.18. The summed E-state index contributed by atoms with van der Waals surface area (Å²) in [7, 11) is 0.912. The van der Waals surface area contributed by atoms with Crippen LogP contribution in [-0.2, 0) is 9.53 Å². The van der Waals surface area contributed by atoms with Gasteiger partial charge >= 0.3 is 5.97 Å². The lowest BCUT2D eigenvalue weighted by molar-refractivity contribution is -0.149. The number of carbonyl (C=O) groups is 1. The van der Waals surface area contributed by atoms with Crippen LogP contribution in [-0.4, -0.2) is 22.8 Å². The Hall–Kier alpha value is -0.313. The van der Waals surface area contributed by atoms with E-state index in [-0.39, 0.29) is 11.0 Å². The van der Waals surface area contributed by atoms with Crippen LogP contribution in [0.5, 0.6) is 0 Å². The van der Waals surface area contributed by atoms with Crippen molar-refractivity contribution in [2.45, 2.75) is 129 Å². The molecule has 0 amide bonds. The smallest absolute Gasteiger partial charge is 0.308 e. The van der Waals surface area contributed by atoms with Gasteiger partial charge in [0.1, 0.15) is 0 Å². The van der Waals surface area contributed by atoms with E-state index in [9.17, 15) is 4.79 Å². The highest BCUT2D eigenvalue weighted by Gasteiger charge is 2.38. The zero-order valence-corrected chi connectivity index (χ0v) is 20.7. The highest BCUT2D eigenvalue weighted by Crippen LogP contribution is 2.41. The largest absolute Gasteiger partial charge is 0.466 e. The summed E-state index contributed by atoms with van der Waals surface area (Å²) in [5, 5.41) is -0.166. The monoisotopic (exact) mass is 384 g/mol. The van der Waals surface area contributed by atoms with Gasteiger partial charge in [-0.2, -0.15) is 0 Å². The summed E-state index contributed by atoms with van der Waals surface area (Å²) in [6, 6.07) is 0. The molecule has 0 aliphatic rings. The van der Waals surface area contributed by atoms with Crippen LogP contribution >= 0.6 is 0 Å². The van der Waals surface area contributed by atoms with Gasteiger partial charge in [0.15, 0.2) is 0 Å². The summed E-state index contributed by atoms with van der Waals surface area (Å²) in [6.07, 6.45) is 18.7. The van der Waals surface area contributed by atoms with Crippen LogP contribution in [0.25, 0.3) is 0 Å². The SMILES string of the molecule is CCCCCCCCOC(=O)C([SiH3])(CCC)C(C)CCCCCCCC. The third-order valence-corrected chi connectivity index (χ3v) is 7.94. The number of hydrogen-bond donors (Lipinski definition) is 0. The first kappa shape index (κ1) is 25.7. The van der Waals surface area contributed by atoms with Gasteiger partial charge in [0.05, 0.1) is 11.6 Å². The minimum Gasteiger partial charge on any atom is -0.466 e. The van der Waals surface area contributed by atoms with E-state index in [1.807, 2.05) is 0 Å². The maximum atomic E-state index is 12.8. The zero-order chi connectivity index (χ0) is 19.7. The van der Waals surface area contributed by atoms with Crippen LogP contribution < -0.4 is 0 Å². The van der Waals surface area contributed by atoms with Crippen molar-refractivity contribution in [2.75, 3.05) is 6.61 Å². The topological polar surface area (TPSA) is 26.3 Å². The van der Waals surface area contributed by atoms with E-state index >= 15 is 0 Å². The molecule has 0 aliphatic heterocycles. The minimum atomic E-state index is -0.166. The minimum absolute atomic E-state index is 0.109. The number of ether oxygens (including phenoxy) is 1. The molecule has 0 aromatic heterocycles. The molecule has 2 unspecified atom stereocenters. The van der Waals surface area contributed by atoms with E-state index in [1.165, 1.54) is 77.0 Å².